The molecular weight excluding hydrogens is 409 g/mol. The van der Waals surface area contributed by atoms with E-state index >= 15 is 0 Å². The van der Waals surface area contributed by atoms with Crippen molar-refractivity contribution in [2.75, 3.05) is 19.7 Å². The Kier molecular flexibility index (Phi) is 6.37. The van der Waals surface area contributed by atoms with E-state index in [1.807, 2.05) is 32.9 Å². The van der Waals surface area contributed by atoms with E-state index in [-0.39, 0.29) is 23.7 Å². The molecule has 1 atom stereocenters. The number of halogens is 1. The average molecular weight is 438 g/mol. The maximum absolute atomic E-state index is 13.3. The van der Waals surface area contributed by atoms with Gasteiger partial charge >= 0.3 is 0 Å². The van der Waals surface area contributed by atoms with E-state index in [2.05, 4.69) is 10.1 Å². The van der Waals surface area contributed by atoms with Crippen LogP contribution in [-0.4, -0.2) is 40.6 Å². The Hall–Kier alpha value is -3.06. The van der Waals surface area contributed by atoms with Crippen molar-refractivity contribution in [2.24, 2.45) is 0 Å². The Morgan fingerprint density at radius 3 is 2.66 bits per heavy atom. The lowest BCUT2D eigenvalue weighted by molar-refractivity contribution is -0.0249. The van der Waals surface area contributed by atoms with Crippen molar-refractivity contribution in [3.63, 3.8) is 0 Å². The highest BCUT2D eigenvalue weighted by Gasteiger charge is 2.31. The molecule has 32 heavy (non-hydrogen) atoms. The fraction of sp³-hybridized carbons (Fsp3) is 0.400. The fourth-order valence-corrected chi connectivity index (χ4v) is 4.09. The first-order valence-corrected chi connectivity index (χ1v) is 10.9. The molecular formula is C25H28FN3O3. The summed E-state index contributed by atoms with van der Waals surface area (Å²) in [6.07, 6.45) is 0.353. The van der Waals surface area contributed by atoms with Crippen molar-refractivity contribution >= 4 is 5.91 Å². The maximum atomic E-state index is 13.3. The highest BCUT2D eigenvalue weighted by atomic mass is 19.1. The predicted octanol–water partition coefficient (Wildman–Crippen LogP) is 4.75. The van der Waals surface area contributed by atoms with E-state index in [1.54, 1.807) is 24.0 Å². The quantitative estimate of drug-likeness (QED) is 0.576. The molecule has 1 aromatic carbocycles. The molecule has 0 saturated carbocycles. The molecule has 3 heterocycles. The van der Waals surface area contributed by atoms with E-state index in [1.165, 1.54) is 12.1 Å². The number of ether oxygens (including phenoxy) is 1. The Morgan fingerprint density at radius 1 is 1.19 bits per heavy atom. The van der Waals surface area contributed by atoms with Crippen LogP contribution in [0.5, 0.6) is 0 Å². The molecule has 6 nitrogen and oxygen atoms in total. The number of amides is 1. The molecule has 1 aliphatic rings. The van der Waals surface area contributed by atoms with Crippen LogP contribution < -0.4 is 0 Å². The number of pyridine rings is 1. The van der Waals surface area contributed by atoms with Crippen LogP contribution in [-0.2, 0) is 11.2 Å². The molecule has 0 aliphatic carbocycles. The zero-order chi connectivity index (χ0) is 22.8. The summed E-state index contributed by atoms with van der Waals surface area (Å²) in [7, 11) is 0. The number of morpholine rings is 1. The van der Waals surface area contributed by atoms with Gasteiger partial charge in [-0.3, -0.25) is 9.78 Å². The van der Waals surface area contributed by atoms with Gasteiger partial charge < -0.3 is 14.2 Å². The van der Waals surface area contributed by atoms with Gasteiger partial charge in [-0.2, -0.15) is 0 Å². The van der Waals surface area contributed by atoms with Crippen LogP contribution in [0.3, 0.4) is 0 Å². The second kappa shape index (κ2) is 9.20. The Bertz CT molecular complexity index is 1110. The summed E-state index contributed by atoms with van der Waals surface area (Å²) in [5.74, 6) is 0.303. The van der Waals surface area contributed by atoms with Crippen molar-refractivity contribution in [2.45, 2.75) is 46.1 Å². The number of aryl methyl sites for hydroxylation is 2. The van der Waals surface area contributed by atoms with Gasteiger partial charge in [0.1, 0.15) is 23.2 Å². The van der Waals surface area contributed by atoms with E-state index in [0.717, 1.165) is 22.5 Å². The van der Waals surface area contributed by atoms with E-state index in [9.17, 15) is 9.18 Å². The number of benzene rings is 1. The summed E-state index contributed by atoms with van der Waals surface area (Å²) in [5, 5.41) is 4.09. The average Bonchev–Trinajstić information content (AvgIpc) is 3.16. The highest BCUT2D eigenvalue weighted by Crippen LogP contribution is 2.27. The van der Waals surface area contributed by atoms with Crippen molar-refractivity contribution in [3.05, 3.63) is 81.7 Å². The molecule has 2 aromatic heterocycles. The third-order valence-corrected chi connectivity index (χ3v) is 5.69. The monoisotopic (exact) mass is 437 g/mol. The molecule has 4 rings (SSSR count). The molecule has 0 radical (unpaired) electrons. The van der Waals surface area contributed by atoms with Crippen LogP contribution in [0.2, 0.25) is 0 Å². The first kappa shape index (κ1) is 22.1. The highest BCUT2D eigenvalue weighted by molar-refractivity contribution is 5.96. The molecule has 0 spiro atoms. The van der Waals surface area contributed by atoms with E-state index in [0.29, 0.717) is 43.1 Å². The lowest BCUT2D eigenvalue weighted by Gasteiger charge is -2.33. The number of rotatable bonds is 5. The lowest BCUT2D eigenvalue weighted by atomic mass is 10.0. The minimum absolute atomic E-state index is 0.0834. The smallest absolute Gasteiger partial charge is 0.259 e. The Balaban J connectivity index is 1.54. The van der Waals surface area contributed by atoms with Crippen LogP contribution in [0.1, 0.15) is 70.2 Å². The third kappa shape index (κ3) is 4.72. The van der Waals surface area contributed by atoms with Gasteiger partial charge in [0.05, 0.1) is 24.5 Å². The molecule has 0 unspecified atom stereocenters. The second-order valence-electron chi connectivity index (χ2n) is 8.61. The predicted molar refractivity (Wildman–Crippen MR) is 118 cm³/mol. The Labute approximate surface area is 187 Å². The first-order valence-electron chi connectivity index (χ1n) is 10.9. The largest absolute Gasteiger partial charge is 0.368 e. The van der Waals surface area contributed by atoms with Crippen molar-refractivity contribution in [1.82, 2.24) is 15.0 Å². The maximum Gasteiger partial charge on any atom is 0.259 e. The minimum Gasteiger partial charge on any atom is -0.368 e. The molecule has 0 N–H and O–H groups in total. The number of nitrogens with zero attached hydrogens (tertiary/aromatic N) is 3. The number of hydrogen-bond acceptors (Lipinski definition) is 5. The number of carbonyl (C=O) groups excluding carboxylic acids is 1. The van der Waals surface area contributed by atoms with Crippen LogP contribution in [0, 0.1) is 19.7 Å². The van der Waals surface area contributed by atoms with Crippen LogP contribution in [0.4, 0.5) is 4.39 Å². The summed E-state index contributed by atoms with van der Waals surface area (Å²) in [4.78, 5) is 19.8. The zero-order valence-electron chi connectivity index (χ0n) is 18.9. The summed E-state index contributed by atoms with van der Waals surface area (Å²) in [5.41, 5.74) is 5.01. The topological polar surface area (TPSA) is 68.5 Å². The molecule has 0 bridgehead atoms. The van der Waals surface area contributed by atoms with Crippen LogP contribution >= 0.6 is 0 Å². The Morgan fingerprint density at radius 2 is 1.94 bits per heavy atom. The van der Waals surface area contributed by atoms with Gasteiger partial charge in [-0.05, 0) is 61.6 Å². The van der Waals surface area contributed by atoms with Crippen molar-refractivity contribution in [1.29, 1.82) is 0 Å². The third-order valence-electron chi connectivity index (χ3n) is 5.69. The van der Waals surface area contributed by atoms with E-state index < -0.39 is 0 Å². The molecule has 3 aromatic rings. The SMILES string of the molecule is Cc1cc(Cc2ccc(F)cc2)cc([C@H]2CN(C(=O)c3c(C(C)C)noc3C)CCO2)n1. The first-order chi connectivity index (χ1) is 15.3. The molecule has 168 valence electrons. The molecule has 7 heteroatoms. The number of aromatic nitrogens is 2. The summed E-state index contributed by atoms with van der Waals surface area (Å²) < 4.78 is 24.5. The number of carbonyl (C=O) groups is 1. The molecule has 1 fully saturated rings. The summed E-state index contributed by atoms with van der Waals surface area (Å²) in [6, 6.07) is 10.5. The van der Waals surface area contributed by atoms with Crippen LogP contribution in [0.25, 0.3) is 0 Å². The molecule has 1 aliphatic heterocycles. The fourth-order valence-electron chi connectivity index (χ4n) is 4.09. The minimum atomic E-state index is -0.317. The van der Waals surface area contributed by atoms with Crippen LogP contribution in [0.15, 0.2) is 40.9 Å². The normalized spacial score (nSPS) is 16.6. The van der Waals surface area contributed by atoms with Gasteiger partial charge in [0.25, 0.3) is 5.91 Å². The van der Waals surface area contributed by atoms with Gasteiger partial charge in [-0.1, -0.05) is 31.1 Å². The lowest BCUT2D eigenvalue weighted by Crippen LogP contribution is -2.43. The van der Waals surface area contributed by atoms with Crippen molar-refractivity contribution in [3.8, 4) is 0 Å². The van der Waals surface area contributed by atoms with Gasteiger partial charge in [-0.25, -0.2) is 4.39 Å². The standard InChI is InChI=1S/C25H28FN3O3/c1-15(2)24-23(17(4)32-28-24)25(30)29-9-10-31-22(14-29)21-13-19(11-16(3)27-21)12-18-5-7-20(26)8-6-18/h5-8,11,13,15,22H,9-10,12,14H2,1-4H3/t22-/m1/s1. The van der Waals surface area contributed by atoms with Gasteiger partial charge in [0.15, 0.2) is 0 Å². The van der Waals surface area contributed by atoms with Gasteiger partial charge in [0, 0.05) is 12.2 Å². The molecule has 1 amide bonds. The van der Waals surface area contributed by atoms with Crippen molar-refractivity contribution < 1.29 is 18.4 Å². The summed E-state index contributed by atoms with van der Waals surface area (Å²) in [6.45, 7) is 9.05. The van der Waals surface area contributed by atoms with Gasteiger partial charge in [0.2, 0.25) is 0 Å². The van der Waals surface area contributed by atoms with E-state index in [4.69, 9.17) is 9.26 Å². The molecule has 1 saturated heterocycles. The summed E-state index contributed by atoms with van der Waals surface area (Å²) >= 11 is 0. The zero-order valence-corrected chi connectivity index (χ0v) is 18.9. The second-order valence-corrected chi connectivity index (χ2v) is 8.61. The van der Waals surface area contributed by atoms with Gasteiger partial charge in [-0.15, -0.1) is 0 Å². The number of hydrogen-bond donors (Lipinski definition) is 0.